The molecule has 0 bridgehead atoms. The second-order valence-corrected chi connectivity index (χ2v) is 31.5. The van der Waals surface area contributed by atoms with Crippen LogP contribution in [0, 0.1) is 13.8 Å². The number of hydrogen-bond acceptors (Lipinski definition) is 12. The van der Waals surface area contributed by atoms with Crippen LogP contribution >= 0.6 is 0 Å². The van der Waals surface area contributed by atoms with Crippen molar-refractivity contribution >= 4 is 65.8 Å². The van der Waals surface area contributed by atoms with Crippen LogP contribution in [0.15, 0.2) is 72.8 Å². The van der Waals surface area contributed by atoms with Crippen molar-refractivity contribution in [3.8, 4) is 0 Å². The van der Waals surface area contributed by atoms with Crippen molar-refractivity contribution in [1.29, 1.82) is 0 Å². The molecule has 3 fully saturated rings. The van der Waals surface area contributed by atoms with Gasteiger partial charge >= 0.3 is 48.7 Å². The summed E-state index contributed by atoms with van der Waals surface area (Å²) < 4.78 is 88.2. The summed E-state index contributed by atoms with van der Waals surface area (Å²) in [6.07, 6.45) is 0. The number of urea groups is 3. The van der Waals surface area contributed by atoms with E-state index in [1.165, 1.54) is 18.5 Å². The SMILES string of the molecule is CC(C)c1cccc(C(C)C)c1NC(=O)NS(=O)(=O)N1C(C)CN(C)CC1C.Cc1cc(C(C)C)c(NC(=O)NS(=O)(=O)N2C(C)CN(C)CC2C)c(C(C)C)c1.Cc1cc(C(C)C)c(NC(=O)NS(=O)(=O)N2CCN(Cc3ccccc3)CC2)c(C(C)C)c1. The fourth-order valence-electron chi connectivity index (χ4n) is 12.5. The highest BCUT2D eigenvalue weighted by atomic mass is 32.2. The third kappa shape index (κ3) is 20.4. The molecule has 0 radical (unpaired) electrons. The molecule has 502 valence electrons. The number of aryl methyl sites for hydroxylation is 2. The standard InChI is InChI=1S/C25H36N4O3S.C21H36N4O3S.C20H34N4O3S/c1-18(2)22-15-20(5)16-23(19(3)4)24(22)26-25(30)27-33(31,32)29-13-11-28(12-14-29)17-21-9-7-6-8-10-21;1-13(2)18-9-15(5)10-19(14(3)4)20(18)22-21(26)23-29(27,28)25-16(6)11-24(8)12-17(25)7;1-13(2)17-9-8-10-18(14(3)4)19(17)21-20(25)22-28(26,27)24-15(5)11-23(7)12-16(24)6/h6-10,15-16,18-19H,11-14,17H2,1-5H3,(H2,26,27,30);9-10,13-14,16-17H,11-12H2,1-8H3,(H2,22,23,26);8-10,13-16H,11-12H2,1-7H3,(H2,21,22,25). The van der Waals surface area contributed by atoms with Crippen LogP contribution in [0.25, 0.3) is 0 Å². The van der Waals surface area contributed by atoms with E-state index in [-0.39, 0.29) is 59.7 Å². The number of carbonyl (C=O) groups is 3. The lowest BCUT2D eigenvalue weighted by atomic mass is 9.90. The Bertz CT molecular complexity index is 3320. The molecule has 24 heteroatoms. The van der Waals surface area contributed by atoms with Crippen LogP contribution in [0.3, 0.4) is 0 Å². The fraction of sp³-hybridized carbons (Fsp3) is 0.591. The Morgan fingerprint density at radius 1 is 0.422 bits per heavy atom. The van der Waals surface area contributed by atoms with Crippen molar-refractivity contribution in [3.05, 3.63) is 123 Å². The van der Waals surface area contributed by atoms with E-state index in [1.54, 1.807) is 0 Å². The maximum Gasteiger partial charge on any atom is 0.333 e. The highest BCUT2D eigenvalue weighted by Crippen LogP contribution is 2.37. The van der Waals surface area contributed by atoms with Gasteiger partial charge < -0.3 is 25.8 Å². The number of amides is 6. The molecule has 4 atom stereocenters. The number of benzene rings is 4. The smallest absolute Gasteiger partial charge is 0.307 e. The van der Waals surface area contributed by atoms with Crippen LogP contribution < -0.4 is 30.1 Å². The summed E-state index contributed by atoms with van der Waals surface area (Å²) in [5.74, 6) is 1.15. The lowest BCUT2D eigenvalue weighted by molar-refractivity contribution is 0.122. The fourth-order valence-corrected chi connectivity index (χ4v) is 16.5. The summed E-state index contributed by atoms with van der Waals surface area (Å²) in [4.78, 5) is 44.6. The maximum absolute atomic E-state index is 12.9. The average Bonchev–Trinajstić information content (AvgIpc) is 0.882. The predicted octanol–water partition coefficient (Wildman–Crippen LogP) is 11.4. The number of anilines is 3. The van der Waals surface area contributed by atoms with Gasteiger partial charge in [0.05, 0.1) is 0 Å². The van der Waals surface area contributed by atoms with E-state index in [0.717, 1.165) is 51.1 Å². The van der Waals surface area contributed by atoms with Crippen LogP contribution in [0.5, 0.6) is 0 Å². The summed E-state index contributed by atoms with van der Waals surface area (Å²) in [5, 5.41) is 8.48. The van der Waals surface area contributed by atoms with Gasteiger partial charge in [0.2, 0.25) is 0 Å². The summed E-state index contributed by atoms with van der Waals surface area (Å²) in [6, 6.07) is 21.2. The van der Waals surface area contributed by atoms with Gasteiger partial charge in [-0.2, -0.15) is 38.2 Å². The zero-order chi connectivity index (χ0) is 67.5. The number of hydrogen-bond donors (Lipinski definition) is 6. The Morgan fingerprint density at radius 3 is 1.01 bits per heavy atom. The van der Waals surface area contributed by atoms with E-state index in [4.69, 9.17) is 0 Å². The molecule has 3 heterocycles. The minimum Gasteiger partial charge on any atom is -0.307 e. The molecule has 4 aromatic carbocycles. The van der Waals surface area contributed by atoms with Gasteiger partial charge in [-0.3, -0.25) is 4.90 Å². The van der Waals surface area contributed by atoms with E-state index in [9.17, 15) is 39.6 Å². The average molecular weight is 1310 g/mol. The van der Waals surface area contributed by atoms with Crippen molar-refractivity contribution < 1.29 is 39.6 Å². The van der Waals surface area contributed by atoms with Crippen molar-refractivity contribution in [2.75, 3.05) is 82.4 Å². The van der Waals surface area contributed by atoms with Gasteiger partial charge in [-0.05, 0) is 130 Å². The number of likely N-dealkylation sites (N-methyl/N-ethyl adjacent to an activating group) is 2. The second kappa shape index (κ2) is 32.2. The number of para-hydroxylation sites is 1. The van der Waals surface area contributed by atoms with Gasteiger partial charge in [-0.15, -0.1) is 0 Å². The molecule has 3 aliphatic rings. The maximum atomic E-state index is 12.9. The number of piperazine rings is 3. The van der Waals surface area contributed by atoms with E-state index in [2.05, 4.69) is 112 Å². The molecule has 0 saturated carbocycles. The van der Waals surface area contributed by atoms with Gasteiger partial charge in [0, 0.05) is 100 Å². The summed E-state index contributed by atoms with van der Waals surface area (Å²) in [7, 11) is -7.90. The van der Waals surface area contributed by atoms with Crippen LogP contribution in [0.4, 0.5) is 31.4 Å². The molecule has 6 amide bonds. The number of rotatable bonds is 17. The van der Waals surface area contributed by atoms with Gasteiger partial charge in [0.25, 0.3) is 0 Å². The molecule has 3 saturated heterocycles. The molecule has 6 N–H and O–H groups in total. The highest BCUT2D eigenvalue weighted by molar-refractivity contribution is 7.88. The van der Waals surface area contributed by atoms with E-state index in [1.807, 2.05) is 144 Å². The zero-order valence-corrected chi connectivity index (χ0v) is 59.6. The normalized spacial score (nSPS) is 19.5. The zero-order valence-electron chi connectivity index (χ0n) is 57.1. The second-order valence-electron chi connectivity index (χ2n) is 26.7. The van der Waals surface area contributed by atoms with Gasteiger partial charge in [0.15, 0.2) is 0 Å². The number of carbonyl (C=O) groups excluding carboxylic acids is 3. The highest BCUT2D eigenvalue weighted by Gasteiger charge is 2.39. The molecule has 4 unspecified atom stereocenters. The predicted molar refractivity (Wildman–Crippen MR) is 366 cm³/mol. The van der Waals surface area contributed by atoms with Gasteiger partial charge in [-0.25, -0.2) is 28.5 Å². The molecule has 0 spiro atoms. The first-order chi connectivity index (χ1) is 41.8. The minimum absolute atomic E-state index is 0.187. The van der Waals surface area contributed by atoms with Crippen LogP contribution in [0.1, 0.15) is 196 Å². The van der Waals surface area contributed by atoms with Crippen LogP contribution in [0.2, 0.25) is 0 Å². The van der Waals surface area contributed by atoms with E-state index < -0.39 is 48.7 Å². The summed E-state index contributed by atoms with van der Waals surface area (Å²) in [5.41, 5.74) is 11.5. The van der Waals surface area contributed by atoms with Crippen molar-refractivity contribution in [2.45, 2.75) is 191 Å². The van der Waals surface area contributed by atoms with Crippen LogP contribution in [-0.4, -0.2) is 162 Å². The minimum atomic E-state index is -3.95. The third-order valence-electron chi connectivity index (χ3n) is 16.4. The van der Waals surface area contributed by atoms with Crippen LogP contribution in [-0.2, 0) is 37.2 Å². The van der Waals surface area contributed by atoms with Gasteiger partial charge in [0.1, 0.15) is 0 Å². The molecule has 4 aromatic rings. The Labute approximate surface area is 540 Å². The Morgan fingerprint density at radius 2 is 0.711 bits per heavy atom. The quantitative estimate of drug-likeness (QED) is 0.0578. The van der Waals surface area contributed by atoms with Gasteiger partial charge in [-0.1, -0.05) is 167 Å². The Kier molecular flexibility index (Phi) is 26.9. The monoisotopic (exact) mass is 1310 g/mol. The molecule has 0 aliphatic carbocycles. The topological polar surface area (TPSA) is 245 Å². The molecule has 7 rings (SSSR count). The molecular formula is C66H106N12O9S3. The largest absolute Gasteiger partial charge is 0.333 e. The van der Waals surface area contributed by atoms with E-state index >= 15 is 0 Å². The number of nitrogens with zero attached hydrogens (tertiary/aromatic N) is 6. The van der Waals surface area contributed by atoms with Crippen molar-refractivity contribution in [2.24, 2.45) is 0 Å². The Hall–Kier alpha value is -5.70. The summed E-state index contributed by atoms with van der Waals surface area (Å²) in [6.45, 7) is 41.4. The lowest BCUT2D eigenvalue weighted by Crippen LogP contribution is -2.60. The molecule has 21 nitrogen and oxygen atoms in total. The molecule has 3 aliphatic heterocycles. The molecular weight excluding hydrogens is 1200 g/mol. The third-order valence-corrected chi connectivity index (χ3v) is 21.4. The Balaban J connectivity index is 0.000000247. The first-order valence-corrected chi connectivity index (χ1v) is 36.0. The molecule has 90 heavy (non-hydrogen) atoms. The molecule has 0 aromatic heterocycles. The lowest BCUT2D eigenvalue weighted by Gasteiger charge is -2.41. The van der Waals surface area contributed by atoms with Crippen molar-refractivity contribution in [3.63, 3.8) is 0 Å². The number of nitrogens with one attached hydrogen (secondary N) is 6. The first kappa shape index (κ1) is 75.0. The summed E-state index contributed by atoms with van der Waals surface area (Å²) >= 11 is 0. The van der Waals surface area contributed by atoms with Crippen molar-refractivity contribution in [1.82, 2.24) is 41.8 Å². The first-order valence-electron chi connectivity index (χ1n) is 31.7. The van der Waals surface area contributed by atoms with E-state index in [0.29, 0.717) is 69.4 Å².